The zero-order chi connectivity index (χ0) is 13.4. The van der Waals surface area contributed by atoms with Crippen molar-refractivity contribution >= 4 is 23.7 Å². The van der Waals surface area contributed by atoms with Crippen LogP contribution in [0.1, 0.15) is 10.4 Å². The molecule has 5 heteroatoms. The molecule has 0 radical (unpaired) electrons. The molecular weight excluding hydrogens is 244 g/mol. The minimum Gasteiger partial charge on any atom is -0.465 e. The van der Waals surface area contributed by atoms with Crippen LogP contribution in [0.2, 0.25) is 0 Å². The third kappa shape index (κ3) is 1.79. The molecule has 0 fully saturated rings. The van der Waals surface area contributed by atoms with Crippen LogP contribution in [-0.4, -0.2) is 25.2 Å². The summed E-state index contributed by atoms with van der Waals surface area (Å²) in [4.78, 5) is 31.5. The highest BCUT2D eigenvalue weighted by Crippen LogP contribution is 2.18. The molecule has 0 aliphatic carbocycles. The number of carbonyl (C=O) groups is 2. The van der Waals surface area contributed by atoms with Crippen molar-refractivity contribution in [2.45, 2.75) is 0 Å². The molecule has 2 aliphatic heterocycles. The van der Waals surface area contributed by atoms with E-state index in [1.54, 1.807) is 36.7 Å². The second kappa shape index (κ2) is 4.28. The van der Waals surface area contributed by atoms with E-state index >= 15 is 0 Å². The van der Waals surface area contributed by atoms with Gasteiger partial charge < -0.3 is 4.74 Å². The van der Waals surface area contributed by atoms with E-state index in [4.69, 9.17) is 0 Å². The first kappa shape index (κ1) is 11.5. The van der Waals surface area contributed by atoms with Gasteiger partial charge in [-0.3, -0.25) is 9.79 Å². The van der Waals surface area contributed by atoms with E-state index in [1.807, 2.05) is 0 Å². The van der Waals surface area contributed by atoms with Gasteiger partial charge in [-0.1, -0.05) is 6.07 Å². The Morgan fingerprint density at radius 2 is 2.21 bits per heavy atom. The Bertz CT molecular complexity index is 759. The highest BCUT2D eigenvalue weighted by Gasteiger charge is 2.24. The van der Waals surface area contributed by atoms with Crippen molar-refractivity contribution in [3.63, 3.8) is 0 Å². The van der Waals surface area contributed by atoms with Crippen molar-refractivity contribution in [3.05, 3.63) is 46.6 Å². The molecule has 0 bridgehead atoms. The molecule has 1 aromatic carbocycles. The summed E-state index contributed by atoms with van der Waals surface area (Å²) in [7, 11) is 1.31. The fourth-order valence-electron chi connectivity index (χ4n) is 2.20. The van der Waals surface area contributed by atoms with E-state index in [0.717, 1.165) is 10.8 Å². The summed E-state index contributed by atoms with van der Waals surface area (Å²) in [5.74, 6) is -1.06. The van der Waals surface area contributed by atoms with Gasteiger partial charge >= 0.3 is 5.97 Å². The Labute approximate surface area is 108 Å². The van der Waals surface area contributed by atoms with Gasteiger partial charge in [0.25, 0.3) is 5.91 Å². The van der Waals surface area contributed by atoms with Crippen LogP contribution in [0, 0.1) is 5.92 Å². The van der Waals surface area contributed by atoms with Crippen molar-refractivity contribution in [1.29, 1.82) is 0 Å². The quantitative estimate of drug-likeness (QED) is 0.662. The molecule has 0 saturated heterocycles. The lowest BCUT2D eigenvalue weighted by Gasteiger charge is -2.16. The van der Waals surface area contributed by atoms with Gasteiger partial charge in [-0.25, -0.2) is 9.79 Å². The number of hydrogen-bond donors (Lipinski definition) is 0. The summed E-state index contributed by atoms with van der Waals surface area (Å²) < 4.78 is 4.65. The van der Waals surface area contributed by atoms with E-state index in [1.165, 1.54) is 7.11 Å². The number of aliphatic imine (C=N–C) groups is 1. The van der Waals surface area contributed by atoms with E-state index in [9.17, 15) is 9.59 Å². The summed E-state index contributed by atoms with van der Waals surface area (Å²) in [5, 5.41) is 1.31. The molecule has 19 heavy (non-hydrogen) atoms. The molecule has 3 rings (SSSR count). The largest absolute Gasteiger partial charge is 0.465 e. The monoisotopic (exact) mass is 254 g/mol. The van der Waals surface area contributed by atoms with E-state index in [0.29, 0.717) is 10.9 Å². The molecule has 1 unspecified atom stereocenters. The van der Waals surface area contributed by atoms with Crippen molar-refractivity contribution in [2.75, 3.05) is 7.11 Å². The lowest BCUT2D eigenvalue weighted by molar-refractivity contribution is -0.119. The van der Waals surface area contributed by atoms with Gasteiger partial charge in [-0.05, 0) is 23.8 Å². The molecule has 1 atom stereocenters. The molecule has 0 aromatic heterocycles. The molecule has 2 heterocycles. The van der Waals surface area contributed by atoms with Crippen molar-refractivity contribution in [3.8, 4) is 0 Å². The first-order valence-corrected chi connectivity index (χ1v) is 5.75. The Morgan fingerprint density at radius 3 is 3.00 bits per heavy atom. The van der Waals surface area contributed by atoms with Crippen LogP contribution in [0.25, 0.3) is 5.57 Å². The van der Waals surface area contributed by atoms with Crippen molar-refractivity contribution in [1.82, 2.24) is 0 Å². The number of fused-ring (bicyclic) bond motifs is 2. The van der Waals surface area contributed by atoms with Crippen LogP contribution in [0.15, 0.2) is 40.5 Å². The Hall–Kier alpha value is -2.56. The fraction of sp³-hybridized carbons (Fsp3) is 0.143. The average Bonchev–Trinajstić information content (AvgIpc) is 2.46. The second-order valence-electron chi connectivity index (χ2n) is 4.23. The summed E-state index contributed by atoms with van der Waals surface area (Å²) in [6.45, 7) is 0. The standard InChI is InChI=1S/C14H10N2O3/c1-19-14(18)8-2-3-9-11-7-15-5-4-10(11)13(17)16-12(9)6-8/h2-7,10H,1H3. The van der Waals surface area contributed by atoms with Gasteiger partial charge in [0, 0.05) is 17.6 Å². The lowest BCUT2D eigenvalue weighted by Crippen LogP contribution is -2.38. The maximum absolute atomic E-state index is 11.9. The van der Waals surface area contributed by atoms with Crippen LogP contribution >= 0.6 is 0 Å². The number of carbonyl (C=O) groups excluding carboxylic acids is 2. The molecule has 1 aromatic rings. The highest BCUT2D eigenvalue weighted by atomic mass is 16.5. The highest BCUT2D eigenvalue weighted by molar-refractivity contribution is 6.13. The molecule has 94 valence electrons. The van der Waals surface area contributed by atoms with Gasteiger partial charge in [0.2, 0.25) is 0 Å². The van der Waals surface area contributed by atoms with Crippen LogP contribution in [0.4, 0.5) is 0 Å². The van der Waals surface area contributed by atoms with E-state index < -0.39 is 5.97 Å². The van der Waals surface area contributed by atoms with Crippen LogP contribution in [-0.2, 0) is 9.53 Å². The fourth-order valence-corrected chi connectivity index (χ4v) is 2.20. The Balaban J connectivity index is 2.28. The van der Waals surface area contributed by atoms with Gasteiger partial charge in [0.05, 0.1) is 23.9 Å². The van der Waals surface area contributed by atoms with E-state index in [-0.39, 0.29) is 11.8 Å². The van der Waals surface area contributed by atoms with Crippen molar-refractivity contribution in [2.24, 2.45) is 15.9 Å². The van der Waals surface area contributed by atoms with E-state index in [2.05, 4.69) is 14.7 Å². The van der Waals surface area contributed by atoms with Crippen LogP contribution in [0.3, 0.4) is 0 Å². The number of ether oxygens (including phenoxy) is 1. The Morgan fingerprint density at radius 1 is 1.37 bits per heavy atom. The first-order valence-electron chi connectivity index (χ1n) is 5.75. The van der Waals surface area contributed by atoms with Gasteiger partial charge in [-0.15, -0.1) is 0 Å². The average molecular weight is 254 g/mol. The normalized spacial score (nSPS) is 19.5. The topological polar surface area (TPSA) is 68.1 Å². The molecule has 5 nitrogen and oxygen atoms in total. The third-order valence-corrected chi connectivity index (χ3v) is 3.14. The number of esters is 1. The molecule has 0 spiro atoms. The second-order valence-corrected chi connectivity index (χ2v) is 4.23. The zero-order valence-corrected chi connectivity index (χ0v) is 10.2. The molecule has 2 aliphatic rings. The first-order chi connectivity index (χ1) is 9.20. The van der Waals surface area contributed by atoms with Crippen molar-refractivity contribution < 1.29 is 14.3 Å². The number of rotatable bonds is 1. The number of methoxy groups -OCH3 is 1. The number of nitrogens with zero attached hydrogens (tertiary/aromatic N) is 2. The summed E-state index contributed by atoms with van der Waals surface area (Å²) >= 11 is 0. The number of benzene rings is 1. The molecular formula is C14H10N2O3. The third-order valence-electron chi connectivity index (χ3n) is 3.14. The van der Waals surface area contributed by atoms with Gasteiger partial charge in [0.15, 0.2) is 0 Å². The summed E-state index contributed by atoms with van der Waals surface area (Å²) in [6.07, 6.45) is 4.97. The number of amides is 1. The maximum Gasteiger partial charge on any atom is 0.337 e. The summed E-state index contributed by atoms with van der Waals surface area (Å²) in [5.41, 5.74) is 1.19. The molecule has 1 amide bonds. The van der Waals surface area contributed by atoms with Gasteiger partial charge in [-0.2, -0.15) is 0 Å². The van der Waals surface area contributed by atoms with Crippen LogP contribution in [0.5, 0.6) is 0 Å². The SMILES string of the molecule is COC(=O)c1ccc2c(c1)=NC(=O)C1C=CN=CC=21. The smallest absolute Gasteiger partial charge is 0.337 e. The van der Waals surface area contributed by atoms with Gasteiger partial charge in [0.1, 0.15) is 0 Å². The number of hydrogen-bond acceptors (Lipinski definition) is 4. The minimum absolute atomic E-state index is 0.244. The maximum atomic E-state index is 11.9. The lowest BCUT2D eigenvalue weighted by atomic mass is 9.92. The minimum atomic E-state index is -0.449. The molecule has 0 N–H and O–H groups in total. The van der Waals surface area contributed by atoms with Crippen LogP contribution < -0.4 is 10.6 Å². The Kier molecular flexibility index (Phi) is 2.59. The predicted octanol–water partition coefficient (Wildman–Crippen LogP) is -0.00200. The summed E-state index contributed by atoms with van der Waals surface area (Å²) in [6, 6.07) is 4.99. The molecule has 0 saturated carbocycles. The predicted molar refractivity (Wildman–Crippen MR) is 68.1 cm³/mol. The zero-order valence-electron chi connectivity index (χ0n) is 10.2.